The predicted octanol–water partition coefficient (Wildman–Crippen LogP) is 3.35. The Bertz CT molecular complexity index is 738. The minimum Gasteiger partial charge on any atom is -0.492 e. The van der Waals surface area contributed by atoms with Crippen LogP contribution in [0.1, 0.15) is 12.5 Å². The minimum absolute atomic E-state index is 0. The number of para-hydroxylation sites is 1. The van der Waals surface area contributed by atoms with Crippen LogP contribution in [0.4, 0.5) is 5.69 Å². The lowest BCUT2D eigenvalue weighted by molar-refractivity contribution is -0.114. The summed E-state index contributed by atoms with van der Waals surface area (Å²) >= 11 is 0. The smallest absolute Gasteiger partial charge is 0.221 e. The van der Waals surface area contributed by atoms with Gasteiger partial charge in [0.15, 0.2) is 5.96 Å². The van der Waals surface area contributed by atoms with E-state index in [-0.39, 0.29) is 29.9 Å². The minimum atomic E-state index is -0.0796. The Balaban J connectivity index is 0.00000364. The number of rotatable bonds is 7. The van der Waals surface area contributed by atoms with Gasteiger partial charge < -0.3 is 20.3 Å². The molecule has 0 aliphatic carbocycles. The summed E-state index contributed by atoms with van der Waals surface area (Å²) in [5, 5.41) is 6.11. The molecule has 0 unspecified atom stereocenters. The molecule has 0 aliphatic heterocycles. The van der Waals surface area contributed by atoms with E-state index in [1.807, 2.05) is 66.5 Å². The summed E-state index contributed by atoms with van der Waals surface area (Å²) in [6.45, 7) is 3.39. The van der Waals surface area contributed by atoms with Crippen molar-refractivity contribution in [2.75, 3.05) is 32.6 Å². The number of ether oxygens (including phenoxy) is 1. The number of hydrogen-bond acceptors (Lipinski definition) is 3. The molecule has 0 fully saturated rings. The van der Waals surface area contributed by atoms with Gasteiger partial charge in [-0.3, -0.25) is 9.79 Å². The highest BCUT2D eigenvalue weighted by atomic mass is 127. The lowest BCUT2D eigenvalue weighted by atomic mass is 10.2. The third-order valence-electron chi connectivity index (χ3n) is 3.71. The first-order chi connectivity index (χ1) is 12.6. The molecule has 2 rings (SSSR count). The number of amides is 1. The summed E-state index contributed by atoms with van der Waals surface area (Å²) in [6.07, 6.45) is 0. The van der Waals surface area contributed by atoms with Crippen molar-refractivity contribution in [1.29, 1.82) is 0 Å². The zero-order chi connectivity index (χ0) is 18.8. The first-order valence-electron chi connectivity index (χ1n) is 8.54. The van der Waals surface area contributed by atoms with Gasteiger partial charge in [-0.2, -0.15) is 0 Å². The van der Waals surface area contributed by atoms with E-state index in [9.17, 15) is 4.79 Å². The van der Waals surface area contributed by atoms with Crippen molar-refractivity contribution in [1.82, 2.24) is 10.2 Å². The molecule has 0 saturated carbocycles. The second-order valence-electron chi connectivity index (χ2n) is 5.87. The third-order valence-corrected chi connectivity index (χ3v) is 3.71. The van der Waals surface area contributed by atoms with E-state index in [0.29, 0.717) is 19.7 Å². The Morgan fingerprint density at radius 1 is 1.15 bits per heavy atom. The lowest BCUT2D eigenvalue weighted by Gasteiger charge is -2.22. The quantitative estimate of drug-likeness (QED) is 0.361. The summed E-state index contributed by atoms with van der Waals surface area (Å²) in [5.41, 5.74) is 1.85. The number of nitrogens with one attached hydrogen (secondary N) is 2. The van der Waals surface area contributed by atoms with Crippen LogP contribution in [0.3, 0.4) is 0 Å². The molecule has 0 aromatic heterocycles. The molecule has 0 spiro atoms. The van der Waals surface area contributed by atoms with E-state index in [0.717, 1.165) is 23.0 Å². The number of carbonyl (C=O) groups excluding carboxylic acids is 1. The lowest BCUT2D eigenvalue weighted by Crippen LogP contribution is -2.40. The number of benzene rings is 2. The molecule has 7 heteroatoms. The molecule has 0 saturated heterocycles. The molecule has 146 valence electrons. The van der Waals surface area contributed by atoms with Gasteiger partial charge in [-0.25, -0.2) is 0 Å². The normalized spacial score (nSPS) is 10.6. The third kappa shape index (κ3) is 8.29. The van der Waals surface area contributed by atoms with Gasteiger partial charge in [0.25, 0.3) is 0 Å². The van der Waals surface area contributed by atoms with Crippen LogP contribution >= 0.6 is 24.0 Å². The molecule has 1 amide bonds. The molecule has 0 bridgehead atoms. The van der Waals surface area contributed by atoms with Crippen LogP contribution < -0.4 is 15.4 Å². The fourth-order valence-corrected chi connectivity index (χ4v) is 2.45. The van der Waals surface area contributed by atoms with Crippen LogP contribution in [-0.2, 0) is 11.3 Å². The molecule has 0 atom stereocenters. The van der Waals surface area contributed by atoms with Gasteiger partial charge in [0, 0.05) is 33.3 Å². The highest BCUT2D eigenvalue weighted by Gasteiger charge is 2.06. The number of nitrogens with zero attached hydrogens (tertiary/aromatic N) is 2. The zero-order valence-electron chi connectivity index (χ0n) is 15.9. The molecule has 0 radical (unpaired) electrons. The molecular weight excluding hydrogens is 455 g/mol. The average Bonchev–Trinajstić information content (AvgIpc) is 2.63. The zero-order valence-corrected chi connectivity index (χ0v) is 18.3. The summed E-state index contributed by atoms with van der Waals surface area (Å²) in [7, 11) is 3.72. The Labute approximate surface area is 178 Å². The SMILES string of the molecule is CN=C(NCc1cccc(NC(C)=O)c1)N(C)CCOc1ccccc1.I. The van der Waals surface area contributed by atoms with Crippen LogP contribution in [0.5, 0.6) is 5.75 Å². The largest absolute Gasteiger partial charge is 0.492 e. The maximum absolute atomic E-state index is 11.2. The van der Waals surface area contributed by atoms with Crippen molar-refractivity contribution in [2.24, 2.45) is 4.99 Å². The number of likely N-dealkylation sites (N-methyl/N-ethyl adjacent to an activating group) is 1. The number of aliphatic imine (C=N–C) groups is 1. The number of carbonyl (C=O) groups is 1. The average molecular weight is 482 g/mol. The van der Waals surface area contributed by atoms with Crippen molar-refractivity contribution in [3.05, 3.63) is 60.2 Å². The fraction of sp³-hybridized carbons (Fsp3) is 0.300. The van der Waals surface area contributed by atoms with Gasteiger partial charge in [0.1, 0.15) is 12.4 Å². The van der Waals surface area contributed by atoms with Gasteiger partial charge >= 0.3 is 0 Å². The van der Waals surface area contributed by atoms with Crippen molar-refractivity contribution in [3.63, 3.8) is 0 Å². The van der Waals surface area contributed by atoms with Crippen LogP contribution in [0.15, 0.2) is 59.6 Å². The Morgan fingerprint density at radius 3 is 2.56 bits per heavy atom. The summed E-state index contributed by atoms with van der Waals surface area (Å²) in [5.74, 6) is 1.56. The molecular formula is C20H27IN4O2. The monoisotopic (exact) mass is 482 g/mol. The van der Waals surface area contributed by atoms with Crippen molar-refractivity contribution >= 4 is 41.5 Å². The molecule has 2 N–H and O–H groups in total. The maximum atomic E-state index is 11.2. The van der Waals surface area contributed by atoms with Crippen LogP contribution in [0.2, 0.25) is 0 Å². The highest BCUT2D eigenvalue weighted by molar-refractivity contribution is 14.0. The van der Waals surface area contributed by atoms with Gasteiger partial charge in [-0.1, -0.05) is 30.3 Å². The Kier molecular flexibility index (Phi) is 10.2. The molecule has 6 nitrogen and oxygen atoms in total. The van der Waals surface area contributed by atoms with Crippen molar-refractivity contribution < 1.29 is 9.53 Å². The number of guanidine groups is 1. The van der Waals surface area contributed by atoms with E-state index < -0.39 is 0 Å². The topological polar surface area (TPSA) is 66.0 Å². The van der Waals surface area contributed by atoms with Crippen LogP contribution in [0, 0.1) is 0 Å². The fourth-order valence-electron chi connectivity index (χ4n) is 2.45. The predicted molar refractivity (Wildman–Crippen MR) is 121 cm³/mol. The molecule has 27 heavy (non-hydrogen) atoms. The van der Waals surface area contributed by atoms with Crippen LogP contribution in [0.25, 0.3) is 0 Å². The first kappa shape index (κ1) is 22.8. The standard InChI is InChI=1S/C20H26N4O2.HI/c1-16(25)23-18-9-7-8-17(14-18)15-22-20(21-2)24(3)12-13-26-19-10-5-4-6-11-19;/h4-11,14H,12-13,15H2,1-3H3,(H,21,22)(H,23,25);1H. The van der Waals surface area contributed by atoms with Gasteiger partial charge in [0.2, 0.25) is 5.91 Å². The van der Waals surface area contributed by atoms with E-state index in [4.69, 9.17) is 4.74 Å². The Hall–Kier alpha value is -2.29. The second kappa shape index (κ2) is 12.2. The van der Waals surface area contributed by atoms with E-state index in [2.05, 4.69) is 15.6 Å². The first-order valence-corrected chi connectivity index (χ1v) is 8.54. The van der Waals surface area contributed by atoms with E-state index in [1.165, 1.54) is 6.92 Å². The van der Waals surface area contributed by atoms with Gasteiger partial charge in [0.05, 0.1) is 6.54 Å². The van der Waals surface area contributed by atoms with Gasteiger partial charge in [-0.05, 0) is 29.8 Å². The number of hydrogen-bond donors (Lipinski definition) is 2. The maximum Gasteiger partial charge on any atom is 0.221 e. The van der Waals surface area contributed by atoms with Crippen molar-refractivity contribution in [2.45, 2.75) is 13.5 Å². The highest BCUT2D eigenvalue weighted by Crippen LogP contribution is 2.11. The number of anilines is 1. The summed E-state index contributed by atoms with van der Waals surface area (Å²) < 4.78 is 5.72. The summed E-state index contributed by atoms with van der Waals surface area (Å²) in [4.78, 5) is 17.5. The second-order valence-corrected chi connectivity index (χ2v) is 5.87. The van der Waals surface area contributed by atoms with Gasteiger partial charge in [-0.15, -0.1) is 24.0 Å². The summed E-state index contributed by atoms with van der Waals surface area (Å²) in [6, 6.07) is 17.5. The van der Waals surface area contributed by atoms with Crippen molar-refractivity contribution in [3.8, 4) is 5.75 Å². The molecule has 0 heterocycles. The Morgan fingerprint density at radius 2 is 1.89 bits per heavy atom. The van der Waals surface area contributed by atoms with E-state index >= 15 is 0 Å². The van der Waals surface area contributed by atoms with Crippen LogP contribution in [-0.4, -0.2) is 44.0 Å². The van der Waals surface area contributed by atoms with E-state index in [1.54, 1.807) is 7.05 Å². The molecule has 2 aromatic carbocycles. The molecule has 0 aliphatic rings. The molecule has 2 aromatic rings. The number of halogens is 1.